The van der Waals surface area contributed by atoms with Gasteiger partial charge in [-0.3, -0.25) is 4.79 Å². The molecule has 0 aliphatic carbocycles. The average Bonchev–Trinajstić information content (AvgIpc) is 2.44. The smallest absolute Gasteiger partial charge is 0.229 e. The van der Waals surface area contributed by atoms with Gasteiger partial charge >= 0.3 is 0 Å². The molecule has 2 rings (SSSR count). The first kappa shape index (κ1) is 16.0. The number of anilines is 1. The number of aryl methyl sites for hydroxylation is 1. The summed E-state index contributed by atoms with van der Waals surface area (Å²) < 4.78 is 19.8. The summed E-state index contributed by atoms with van der Waals surface area (Å²) in [6, 6.07) is 11.9. The molecule has 0 saturated carbocycles. The van der Waals surface area contributed by atoms with Crippen LogP contribution in [0.1, 0.15) is 26.3 Å². The highest BCUT2D eigenvalue weighted by atomic mass is 19.1. The second kappa shape index (κ2) is 6.18. The predicted octanol–water partition coefficient (Wildman–Crippen LogP) is 4.91. The van der Waals surface area contributed by atoms with E-state index in [4.69, 9.17) is 4.74 Å². The number of rotatable bonds is 3. The van der Waals surface area contributed by atoms with E-state index in [1.807, 2.05) is 19.1 Å². The van der Waals surface area contributed by atoms with E-state index in [9.17, 15) is 9.18 Å². The van der Waals surface area contributed by atoms with Gasteiger partial charge in [0.05, 0.1) is 0 Å². The second-order valence-electron chi connectivity index (χ2n) is 6.23. The summed E-state index contributed by atoms with van der Waals surface area (Å²) in [7, 11) is 0. The molecule has 2 aromatic carbocycles. The van der Waals surface area contributed by atoms with Crippen molar-refractivity contribution in [3.63, 3.8) is 0 Å². The summed E-state index contributed by atoms with van der Waals surface area (Å²) in [5.74, 6) is 0.0671. The molecule has 1 amide bonds. The van der Waals surface area contributed by atoms with Crippen molar-refractivity contribution in [2.24, 2.45) is 5.41 Å². The van der Waals surface area contributed by atoms with E-state index in [2.05, 4.69) is 5.32 Å². The molecule has 0 saturated heterocycles. The van der Waals surface area contributed by atoms with E-state index in [1.165, 1.54) is 6.07 Å². The van der Waals surface area contributed by atoms with Gasteiger partial charge in [0, 0.05) is 5.41 Å². The highest BCUT2D eigenvalue weighted by Crippen LogP contribution is 2.33. The summed E-state index contributed by atoms with van der Waals surface area (Å²) in [5.41, 5.74) is 0.541. The zero-order chi connectivity index (χ0) is 16.3. The number of hydrogen-bond acceptors (Lipinski definition) is 2. The zero-order valence-corrected chi connectivity index (χ0v) is 13.2. The molecule has 4 heteroatoms. The highest BCUT2D eigenvalue weighted by Gasteiger charge is 2.24. The molecule has 22 heavy (non-hydrogen) atoms. The standard InChI is InChI=1S/C18H20FNO2/c1-12-8-10-13(11-9-12)22-15-7-5-6-14(19)16(15)20-17(21)18(2,3)4/h5-11H,1-4H3,(H,20,21). The number of halogens is 1. The van der Waals surface area contributed by atoms with Crippen LogP contribution in [-0.4, -0.2) is 5.91 Å². The quantitative estimate of drug-likeness (QED) is 0.874. The maximum absolute atomic E-state index is 14.1. The Hall–Kier alpha value is -2.36. The van der Waals surface area contributed by atoms with Gasteiger partial charge in [-0.05, 0) is 31.2 Å². The monoisotopic (exact) mass is 301 g/mol. The van der Waals surface area contributed by atoms with Crippen molar-refractivity contribution in [3.05, 3.63) is 53.8 Å². The third-order valence-corrected chi connectivity index (χ3v) is 3.14. The Morgan fingerprint density at radius 3 is 2.32 bits per heavy atom. The minimum Gasteiger partial charge on any atom is -0.455 e. The number of ether oxygens (including phenoxy) is 1. The lowest BCUT2D eigenvalue weighted by Gasteiger charge is -2.19. The van der Waals surface area contributed by atoms with Crippen molar-refractivity contribution >= 4 is 11.6 Å². The maximum Gasteiger partial charge on any atom is 0.229 e. The fourth-order valence-electron chi connectivity index (χ4n) is 1.75. The first-order valence-corrected chi connectivity index (χ1v) is 7.12. The van der Waals surface area contributed by atoms with Crippen molar-refractivity contribution < 1.29 is 13.9 Å². The van der Waals surface area contributed by atoms with Crippen LogP contribution in [0.15, 0.2) is 42.5 Å². The Labute approximate surface area is 130 Å². The van der Waals surface area contributed by atoms with Crippen LogP contribution >= 0.6 is 0 Å². The number of nitrogens with one attached hydrogen (secondary N) is 1. The molecule has 0 spiro atoms. The normalized spacial score (nSPS) is 11.1. The summed E-state index contributed by atoms with van der Waals surface area (Å²) in [5, 5.41) is 2.61. The molecule has 0 fully saturated rings. The second-order valence-corrected chi connectivity index (χ2v) is 6.23. The largest absolute Gasteiger partial charge is 0.455 e. The number of amides is 1. The maximum atomic E-state index is 14.1. The lowest BCUT2D eigenvalue weighted by atomic mass is 9.95. The first-order chi connectivity index (χ1) is 10.3. The topological polar surface area (TPSA) is 38.3 Å². The predicted molar refractivity (Wildman–Crippen MR) is 85.7 cm³/mol. The SMILES string of the molecule is Cc1ccc(Oc2cccc(F)c2NC(=O)C(C)(C)C)cc1. The van der Waals surface area contributed by atoms with Gasteiger partial charge in [-0.2, -0.15) is 0 Å². The zero-order valence-electron chi connectivity index (χ0n) is 13.2. The van der Waals surface area contributed by atoms with Crippen LogP contribution in [-0.2, 0) is 4.79 Å². The summed E-state index contributed by atoms with van der Waals surface area (Å²) >= 11 is 0. The lowest BCUT2D eigenvalue weighted by molar-refractivity contribution is -0.123. The molecule has 0 heterocycles. The van der Waals surface area contributed by atoms with E-state index < -0.39 is 11.2 Å². The minimum atomic E-state index is -0.622. The molecular formula is C18H20FNO2. The third kappa shape index (κ3) is 3.85. The van der Waals surface area contributed by atoms with Gasteiger partial charge in [0.25, 0.3) is 0 Å². The molecule has 0 aromatic heterocycles. The fraction of sp³-hybridized carbons (Fsp3) is 0.278. The van der Waals surface area contributed by atoms with Crippen molar-refractivity contribution in [3.8, 4) is 11.5 Å². The Kier molecular flexibility index (Phi) is 4.50. The number of benzene rings is 2. The molecular weight excluding hydrogens is 281 g/mol. The van der Waals surface area contributed by atoms with E-state index >= 15 is 0 Å². The van der Waals surface area contributed by atoms with Gasteiger partial charge in [-0.25, -0.2) is 4.39 Å². The molecule has 2 aromatic rings. The molecule has 0 unspecified atom stereocenters. The van der Waals surface area contributed by atoms with Gasteiger partial charge in [-0.1, -0.05) is 44.5 Å². The summed E-state index contributed by atoms with van der Waals surface area (Å²) in [4.78, 5) is 12.1. The summed E-state index contributed by atoms with van der Waals surface area (Å²) in [6.45, 7) is 7.28. The van der Waals surface area contributed by atoms with Crippen molar-refractivity contribution in [2.45, 2.75) is 27.7 Å². The van der Waals surface area contributed by atoms with Crippen LogP contribution in [0.5, 0.6) is 11.5 Å². The van der Waals surface area contributed by atoms with Crippen molar-refractivity contribution in [2.75, 3.05) is 5.32 Å². The first-order valence-electron chi connectivity index (χ1n) is 7.12. The van der Waals surface area contributed by atoms with E-state index in [-0.39, 0.29) is 17.3 Å². The van der Waals surface area contributed by atoms with Crippen LogP contribution in [0.3, 0.4) is 0 Å². The number of carbonyl (C=O) groups excluding carboxylic acids is 1. The van der Waals surface area contributed by atoms with Crippen LogP contribution in [0.4, 0.5) is 10.1 Å². The fourth-order valence-corrected chi connectivity index (χ4v) is 1.75. The van der Waals surface area contributed by atoms with Gasteiger partial charge in [0.2, 0.25) is 5.91 Å². The van der Waals surface area contributed by atoms with Crippen LogP contribution < -0.4 is 10.1 Å². The molecule has 116 valence electrons. The van der Waals surface area contributed by atoms with Crippen LogP contribution in [0.25, 0.3) is 0 Å². The molecule has 1 N–H and O–H groups in total. The van der Waals surface area contributed by atoms with E-state index in [0.717, 1.165) is 5.56 Å². The number of hydrogen-bond donors (Lipinski definition) is 1. The van der Waals surface area contributed by atoms with Crippen LogP contribution in [0.2, 0.25) is 0 Å². The van der Waals surface area contributed by atoms with Gasteiger partial charge in [0.15, 0.2) is 11.6 Å². The van der Waals surface area contributed by atoms with E-state index in [1.54, 1.807) is 45.0 Å². The Morgan fingerprint density at radius 2 is 1.73 bits per heavy atom. The lowest BCUT2D eigenvalue weighted by Crippen LogP contribution is -2.28. The number of para-hydroxylation sites is 1. The van der Waals surface area contributed by atoms with Crippen molar-refractivity contribution in [1.82, 2.24) is 0 Å². The summed E-state index contributed by atoms with van der Waals surface area (Å²) in [6.07, 6.45) is 0. The molecule has 0 aliphatic rings. The van der Waals surface area contributed by atoms with Crippen molar-refractivity contribution in [1.29, 1.82) is 0 Å². The van der Waals surface area contributed by atoms with Gasteiger partial charge in [-0.15, -0.1) is 0 Å². The molecule has 0 atom stereocenters. The third-order valence-electron chi connectivity index (χ3n) is 3.14. The minimum absolute atomic E-state index is 0.0583. The Balaban J connectivity index is 2.30. The average molecular weight is 301 g/mol. The number of carbonyl (C=O) groups is 1. The molecule has 3 nitrogen and oxygen atoms in total. The van der Waals surface area contributed by atoms with Crippen LogP contribution in [0, 0.1) is 18.2 Å². The highest BCUT2D eigenvalue weighted by molar-refractivity contribution is 5.96. The van der Waals surface area contributed by atoms with Gasteiger partial charge in [0.1, 0.15) is 11.4 Å². The Bertz CT molecular complexity index is 672. The molecule has 0 aliphatic heterocycles. The Morgan fingerprint density at radius 1 is 1.09 bits per heavy atom. The molecule has 0 bridgehead atoms. The van der Waals surface area contributed by atoms with Gasteiger partial charge < -0.3 is 10.1 Å². The molecule has 0 radical (unpaired) electrons. The van der Waals surface area contributed by atoms with E-state index in [0.29, 0.717) is 5.75 Å².